The largest absolute Gasteiger partial charge is 0.411 e. The Morgan fingerprint density at radius 2 is 1.47 bits per heavy atom. The van der Waals surface area contributed by atoms with Crippen LogP contribution in [0.4, 0.5) is 0 Å². The van der Waals surface area contributed by atoms with Gasteiger partial charge in [-0.15, -0.1) is 0 Å². The lowest BCUT2D eigenvalue weighted by molar-refractivity contribution is -0.185. The van der Waals surface area contributed by atoms with Gasteiger partial charge in [-0.05, 0) is 25.7 Å². The van der Waals surface area contributed by atoms with E-state index in [1.165, 1.54) is 0 Å². The Labute approximate surface area is 113 Å². The molecular formula is C14H22N2O3. The highest BCUT2D eigenvalue weighted by Crippen LogP contribution is 2.52. The van der Waals surface area contributed by atoms with Crippen LogP contribution < -0.4 is 0 Å². The van der Waals surface area contributed by atoms with Gasteiger partial charge in [0, 0.05) is 0 Å². The third kappa shape index (κ3) is 1.57. The predicted octanol–water partition coefficient (Wildman–Crippen LogP) is 2.70. The lowest BCUT2D eigenvalue weighted by Gasteiger charge is -2.38. The van der Waals surface area contributed by atoms with E-state index in [0.29, 0.717) is 18.6 Å². The predicted molar refractivity (Wildman–Crippen MR) is 69.2 cm³/mol. The van der Waals surface area contributed by atoms with E-state index in [2.05, 4.69) is 5.16 Å². The Morgan fingerprint density at radius 3 is 2.00 bits per heavy atom. The summed E-state index contributed by atoms with van der Waals surface area (Å²) in [6, 6.07) is 0. The molecule has 0 radical (unpaired) electrons. The topological polar surface area (TPSA) is 73.1 Å². The summed E-state index contributed by atoms with van der Waals surface area (Å²) in [6.45, 7) is 0. The van der Waals surface area contributed by atoms with Gasteiger partial charge in [0.25, 0.3) is 5.91 Å². The SMILES string of the molecule is O=C1N(O)C2(CCCCC2)C(=NO)C12CCCCC2. The third-order valence-electron chi connectivity index (χ3n) is 5.39. The Kier molecular flexibility index (Phi) is 3.04. The summed E-state index contributed by atoms with van der Waals surface area (Å²) >= 11 is 0. The summed E-state index contributed by atoms with van der Waals surface area (Å²) in [5.74, 6) is -0.234. The Morgan fingerprint density at radius 1 is 0.947 bits per heavy atom. The van der Waals surface area contributed by atoms with Gasteiger partial charge in [0.15, 0.2) is 0 Å². The molecule has 5 heteroatoms. The van der Waals surface area contributed by atoms with Crippen molar-refractivity contribution in [2.24, 2.45) is 10.6 Å². The first-order chi connectivity index (χ1) is 9.17. The van der Waals surface area contributed by atoms with Gasteiger partial charge in [0.2, 0.25) is 0 Å². The quantitative estimate of drug-likeness (QED) is 0.402. The highest BCUT2D eigenvalue weighted by atomic mass is 16.5. The number of nitrogens with zero attached hydrogens (tertiary/aromatic N) is 2. The second kappa shape index (κ2) is 4.47. The van der Waals surface area contributed by atoms with Crippen LogP contribution in [0.1, 0.15) is 64.2 Å². The average Bonchev–Trinajstić information content (AvgIpc) is 2.61. The molecule has 2 saturated carbocycles. The molecule has 0 aromatic rings. The van der Waals surface area contributed by atoms with Crippen LogP contribution in [0.5, 0.6) is 0 Å². The van der Waals surface area contributed by atoms with Gasteiger partial charge in [-0.25, -0.2) is 5.06 Å². The second-order valence-corrected chi connectivity index (χ2v) is 6.30. The summed E-state index contributed by atoms with van der Waals surface area (Å²) in [5, 5.41) is 24.4. The molecule has 5 nitrogen and oxygen atoms in total. The minimum Gasteiger partial charge on any atom is -0.411 e. The van der Waals surface area contributed by atoms with E-state index in [0.717, 1.165) is 56.4 Å². The minimum atomic E-state index is -0.723. The zero-order valence-electron chi connectivity index (χ0n) is 11.3. The number of carbonyl (C=O) groups excluding carboxylic acids is 1. The van der Waals surface area contributed by atoms with Gasteiger partial charge in [-0.3, -0.25) is 10.0 Å². The molecule has 2 spiro atoms. The fraction of sp³-hybridized carbons (Fsp3) is 0.857. The number of hydrogen-bond acceptors (Lipinski definition) is 4. The molecule has 1 aliphatic heterocycles. The number of hydrogen-bond donors (Lipinski definition) is 2. The van der Waals surface area contributed by atoms with Gasteiger partial charge in [-0.1, -0.05) is 43.7 Å². The molecular weight excluding hydrogens is 244 g/mol. The fourth-order valence-electron chi connectivity index (χ4n) is 4.42. The monoisotopic (exact) mass is 266 g/mol. The number of hydroxylamine groups is 2. The van der Waals surface area contributed by atoms with Crippen molar-refractivity contribution >= 4 is 11.6 Å². The molecule has 106 valence electrons. The molecule has 1 heterocycles. The maximum atomic E-state index is 12.6. The standard InChI is InChI=1S/C14H22N2O3/c17-12-13(7-3-1-4-8-13)11(15-18)14(16(12)19)9-5-2-6-10-14/h18-19H,1-10H2. The number of rotatable bonds is 0. The Hall–Kier alpha value is -1.10. The molecule has 0 atom stereocenters. The molecule has 2 aliphatic carbocycles. The van der Waals surface area contributed by atoms with Crippen LogP contribution in [0.3, 0.4) is 0 Å². The van der Waals surface area contributed by atoms with Crippen LogP contribution in [-0.4, -0.2) is 32.6 Å². The molecule has 3 rings (SSSR count). The van der Waals surface area contributed by atoms with E-state index in [4.69, 9.17) is 0 Å². The van der Waals surface area contributed by atoms with Crippen molar-refractivity contribution in [3.8, 4) is 0 Å². The van der Waals surface area contributed by atoms with Crippen LogP contribution in [0, 0.1) is 5.41 Å². The first-order valence-electron chi connectivity index (χ1n) is 7.44. The van der Waals surface area contributed by atoms with Gasteiger partial charge in [-0.2, -0.15) is 0 Å². The third-order valence-corrected chi connectivity index (χ3v) is 5.39. The van der Waals surface area contributed by atoms with Crippen LogP contribution in [-0.2, 0) is 4.79 Å². The van der Waals surface area contributed by atoms with Crippen LogP contribution in [0.15, 0.2) is 5.16 Å². The van der Waals surface area contributed by atoms with E-state index < -0.39 is 11.0 Å². The van der Waals surface area contributed by atoms with Crippen molar-refractivity contribution in [3.63, 3.8) is 0 Å². The maximum Gasteiger partial charge on any atom is 0.258 e. The first-order valence-corrected chi connectivity index (χ1v) is 7.44. The van der Waals surface area contributed by atoms with Crippen molar-refractivity contribution in [1.82, 2.24) is 5.06 Å². The Balaban J connectivity index is 2.05. The van der Waals surface area contributed by atoms with Gasteiger partial charge < -0.3 is 5.21 Å². The number of carbonyl (C=O) groups is 1. The van der Waals surface area contributed by atoms with E-state index in [1.807, 2.05) is 0 Å². The highest BCUT2D eigenvalue weighted by Gasteiger charge is 2.65. The summed E-state index contributed by atoms with van der Waals surface area (Å²) in [4.78, 5) is 12.6. The zero-order valence-corrected chi connectivity index (χ0v) is 11.3. The van der Waals surface area contributed by atoms with E-state index in [-0.39, 0.29) is 5.91 Å². The fourth-order valence-corrected chi connectivity index (χ4v) is 4.42. The van der Waals surface area contributed by atoms with Crippen molar-refractivity contribution < 1.29 is 15.2 Å². The molecule has 19 heavy (non-hydrogen) atoms. The molecule has 3 aliphatic rings. The lowest BCUT2D eigenvalue weighted by atomic mass is 9.66. The van der Waals surface area contributed by atoms with Gasteiger partial charge in [0.1, 0.15) is 11.3 Å². The zero-order chi connectivity index (χ0) is 13.5. The van der Waals surface area contributed by atoms with Crippen LogP contribution >= 0.6 is 0 Å². The molecule has 1 saturated heterocycles. The summed E-state index contributed by atoms with van der Waals surface area (Å²) < 4.78 is 0. The second-order valence-electron chi connectivity index (χ2n) is 6.30. The molecule has 1 amide bonds. The molecule has 0 bridgehead atoms. The first kappa shape index (κ1) is 12.9. The highest BCUT2D eigenvalue weighted by molar-refractivity contribution is 6.18. The van der Waals surface area contributed by atoms with Gasteiger partial charge in [0.05, 0.1) is 5.41 Å². The van der Waals surface area contributed by atoms with E-state index >= 15 is 0 Å². The maximum absolute atomic E-state index is 12.6. The van der Waals surface area contributed by atoms with Crippen molar-refractivity contribution in [2.75, 3.05) is 0 Å². The molecule has 0 unspecified atom stereocenters. The average molecular weight is 266 g/mol. The Bertz CT molecular complexity index is 407. The molecule has 0 aromatic carbocycles. The van der Waals surface area contributed by atoms with Crippen molar-refractivity contribution in [1.29, 1.82) is 0 Å². The van der Waals surface area contributed by atoms with Crippen molar-refractivity contribution in [3.05, 3.63) is 0 Å². The van der Waals surface area contributed by atoms with E-state index in [1.54, 1.807) is 0 Å². The molecule has 0 aromatic heterocycles. The summed E-state index contributed by atoms with van der Waals surface area (Å²) in [5.41, 5.74) is -0.896. The molecule has 2 N–H and O–H groups in total. The molecule has 3 fully saturated rings. The minimum absolute atomic E-state index is 0.234. The smallest absolute Gasteiger partial charge is 0.258 e. The van der Waals surface area contributed by atoms with E-state index in [9.17, 15) is 15.2 Å². The van der Waals surface area contributed by atoms with Crippen molar-refractivity contribution in [2.45, 2.75) is 69.7 Å². The number of amides is 1. The summed E-state index contributed by atoms with van der Waals surface area (Å²) in [7, 11) is 0. The van der Waals surface area contributed by atoms with Crippen LogP contribution in [0.25, 0.3) is 0 Å². The lowest BCUT2D eigenvalue weighted by Crippen LogP contribution is -2.50. The van der Waals surface area contributed by atoms with Crippen LogP contribution in [0.2, 0.25) is 0 Å². The van der Waals surface area contributed by atoms with Gasteiger partial charge >= 0.3 is 0 Å². The summed E-state index contributed by atoms with van der Waals surface area (Å²) in [6.07, 6.45) is 8.98. The number of oxime groups is 1. The normalized spacial score (nSPS) is 31.5.